The van der Waals surface area contributed by atoms with Gasteiger partial charge in [0.05, 0.1) is 0 Å². The molecule has 25 heavy (non-hydrogen) atoms. The predicted molar refractivity (Wildman–Crippen MR) is 122 cm³/mol. The van der Waals surface area contributed by atoms with Crippen molar-refractivity contribution in [1.82, 2.24) is 0 Å². The fourth-order valence-electron chi connectivity index (χ4n) is 0.897. The van der Waals surface area contributed by atoms with Gasteiger partial charge in [-0.25, -0.2) is 0 Å². The summed E-state index contributed by atoms with van der Waals surface area (Å²) >= 11 is 3.61. The van der Waals surface area contributed by atoms with Gasteiger partial charge in [-0.15, -0.1) is 22.7 Å². The average Bonchev–Trinajstić information content (AvgIpc) is 3.21. The molecule has 0 bridgehead atoms. The molecule has 0 atom stereocenters. The van der Waals surface area contributed by atoms with Crippen LogP contribution in [0, 0.1) is 58.8 Å². The van der Waals surface area contributed by atoms with Crippen LogP contribution < -0.4 is 0 Å². The van der Waals surface area contributed by atoms with E-state index in [1.807, 2.05) is 67.5 Å². The molecule has 0 saturated heterocycles. The van der Waals surface area contributed by atoms with Crippen molar-refractivity contribution in [3.8, 4) is 0 Å². The minimum atomic E-state index is 0. The second-order valence-corrected chi connectivity index (χ2v) is 6.23. The molecule has 0 aromatic carbocycles. The van der Waals surface area contributed by atoms with E-state index in [2.05, 4.69) is 50.6 Å². The Bertz CT molecular complexity index is 379. The monoisotopic (exact) mass is 608 g/mol. The molecule has 0 nitrogen and oxygen atoms in total. The molecule has 0 radical (unpaired) electrons. The minimum absolute atomic E-state index is 0. The van der Waals surface area contributed by atoms with Crippen molar-refractivity contribution in [1.29, 1.82) is 0 Å². The Morgan fingerprint density at radius 2 is 0.840 bits per heavy atom. The molecule has 3 heteroatoms. The number of hydrogen-bond donors (Lipinski definition) is 0. The van der Waals surface area contributed by atoms with E-state index in [0.717, 1.165) is 0 Å². The van der Waals surface area contributed by atoms with Gasteiger partial charge in [0, 0.05) is 40.9 Å². The number of allylic oxidation sites excluding steroid dienone is 2. The van der Waals surface area contributed by atoms with Gasteiger partial charge in [0.25, 0.3) is 0 Å². The van der Waals surface area contributed by atoms with E-state index >= 15 is 0 Å². The Kier molecular flexibility index (Phi) is 46.2. The van der Waals surface area contributed by atoms with E-state index in [-0.39, 0.29) is 31.1 Å². The van der Waals surface area contributed by atoms with Crippen LogP contribution in [0.1, 0.15) is 76.3 Å². The van der Waals surface area contributed by atoms with Gasteiger partial charge in [0.1, 0.15) is 0 Å². The molecule has 0 amide bonds. The third-order valence-corrected chi connectivity index (χ3v) is 4.47. The zero-order valence-corrected chi connectivity index (χ0v) is 24.6. The Morgan fingerprint density at radius 1 is 0.600 bits per heavy atom. The zero-order chi connectivity index (χ0) is 20.0. The summed E-state index contributed by atoms with van der Waals surface area (Å²) in [6, 6.07) is 4.28. The van der Waals surface area contributed by atoms with E-state index in [1.165, 1.54) is 20.9 Å². The van der Waals surface area contributed by atoms with Crippen LogP contribution in [-0.2, 0) is 0 Å². The molecule has 2 aromatic heterocycles. The van der Waals surface area contributed by atoms with Crippen molar-refractivity contribution in [2.24, 2.45) is 0 Å². The molecule has 0 fully saturated rings. The molecule has 0 aliphatic carbocycles. The molecule has 0 saturated carbocycles. The van der Waals surface area contributed by atoms with Crippen molar-refractivity contribution in [2.45, 2.75) is 83.1 Å². The summed E-state index contributed by atoms with van der Waals surface area (Å²) in [7, 11) is 0. The van der Waals surface area contributed by atoms with E-state index < -0.39 is 0 Å². The van der Waals surface area contributed by atoms with E-state index in [0.29, 0.717) is 0 Å². The van der Waals surface area contributed by atoms with Gasteiger partial charge in [-0.05, 0) is 75.6 Å². The smallest absolute Gasteiger partial charge is 0.00433 e. The quantitative estimate of drug-likeness (QED) is 0.262. The molecular formula is C22H42S2U. The van der Waals surface area contributed by atoms with Gasteiger partial charge in [0.2, 0.25) is 0 Å². The Balaban J connectivity index is -0.0000000701. The molecule has 2 rings (SSSR count). The van der Waals surface area contributed by atoms with Gasteiger partial charge < -0.3 is 0 Å². The van der Waals surface area contributed by atoms with Crippen LogP contribution in [0.15, 0.2) is 35.0 Å². The van der Waals surface area contributed by atoms with Crippen molar-refractivity contribution in [3.05, 3.63) is 55.9 Å². The summed E-state index contributed by atoms with van der Waals surface area (Å²) in [6.07, 6.45) is 4.00. The zero-order valence-electron chi connectivity index (χ0n) is 18.8. The summed E-state index contributed by atoms with van der Waals surface area (Å²) < 4.78 is 0. The Morgan fingerprint density at radius 3 is 0.880 bits per heavy atom. The number of rotatable bonds is 0. The van der Waals surface area contributed by atoms with E-state index in [4.69, 9.17) is 0 Å². The SMILES string of the molecule is C/C=C\C.CC.CC.CC.Cc1ccsc1C.Cc1ccsc1C.[U]. The molecular weight excluding hydrogens is 566 g/mol. The molecule has 2 heterocycles. The van der Waals surface area contributed by atoms with Crippen LogP contribution in [0.2, 0.25) is 0 Å². The summed E-state index contributed by atoms with van der Waals surface area (Å²) in [6.45, 7) is 24.5. The van der Waals surface area contributed by atoms with Gasteiger partial charge in [-0.3, -0.25) is 0 Å². The average molecular weight is 609 g/mol. The van der Waals surface area contributed by atoms with E-state index in [9.17, 15) is 0 Å². The van der Waals surface area contributed by atoms with Crippen molar-refractivity contribution < 1.29 is 31.1 Å². The Labute approximate surface area is 191 Å². The maximum atomic E-state index is 2.14. The fraction of sp³-hybridized carbons (Fsp3) is 0.545. The molecule has 0 aliphatic heterocycles. The topological polar surface area (TPSA) is 0 Å². The number of aryl methyl sites for hydroxylation is 4. The van der Waals surface area contributed by atoms with E-state index in [1.54, 1.807) is 22.7 Å². The molecule has 0 N–H and O–H groups in total. The van der Waals surface area contributed by atoms with Crippen LogP contribution in [-0.4, -0.2) is 0 Å². The molecule has 2 aromatic rings. The van der Waals surface area contributed by atoms with Crippen molar-refractivity contribution in [2.75, 3.05) is 0 Å². The van der Waals surface area contributed by atoms with Crippen LogP contribution >= 0.6 is 22.7 Å². The van der Waals surface area contributed by atoms with Crippen LogP contribution in [0.3, 0.4) is 0 Å². The van der Waals surface area contributed by atoms with Gasteiger partial charge in [0.15, 0.2) is 0 Å². The standard InChI is InChI=1S/2C6H8S.C4H8.3C2H6.U/c2*1-5-3-4-7-6(5)2;1-3-4-2;3*1-2;/h2*3-4H,1-2H3;3-4H,1-2H3;3*1-2H3;/b;;4-3-;;;;. The van der Waals surface area contributed by atoms with Gasteiger partial charge >= 0.3 is 0 Å². The first-order chi connectivity index (χ1) is 11.5. The first-order valence-electron chi connectivity index (χ1n) is 9.11. The van der Waals surface area contributed by atoms with Crippen LogP contribution in [0.5, 0.6) is 0 Å². The largest absolute Gasteiger partial charge is 0.149 e. The third-order valence-electron chi connectivity index (χ3n) is 2.57. The number of hydrogen-bond acceptors (Lipinski definition) is 2. The normalized spacial score (nSPS) is 7.52. The minimum Gasteiger partial charge on any atom is -0.149 e. The first-order valence-corrected chi connectivity index (χ1v) is 10.9. The van der Waals surface area contributed by atoms with Crippen molar-refractivity contribution >= 4 is 22.7 Å². The van der Waals surface area contributed by atoms with Crippen molar-refractivity contribution in [3.63, 3.8) is 0 Å². The summed E-state index contributed by atoms with van der Waals surface area (Å²) in [4.78, 5) is 2.86. The summed E-state index contributed by atoms with van der Waals surface area (Å²) in [5.41, 5.74) is 2.81. The first kappa shape index (κ1) is 36.2. The van der Waals surface area contributed by atoms with Crippen LogP contribution in [0.4, 0.5) is 0 Å². The predicted octanol–water partition coefficient (Wildman–Crippen LogP) is 9.39. The van der Waals surface area contributed by atoms with Gasteiger partial charge in [-0.1, -0.05) is 53.7 Å². The summed E-state index contributed by atoms with van der Waals surface area (Å²) in [5.74, 6) is 0. The van der Waals surface area contributed by atoms with Gasteiger partial charge in [-0.2, -0.15) is 0 Å². The Hall–Kier alpha value is 0.192. The fourth-order valence-corrected chi connectivity index (χ4v) is 2.36. The maximum absolute atomic E-state index is 2.14. The second kappa shape index (κ2) is 31.9. The molecule has 146 valence electrons. The third kappa shape index (κ3) is 26.5. The molecule has 0 spiro atoms. The summed E-state index contributed by atoms with van der Waals surface area (Å²) in [5, 5.41) is 4.23. The van der Waals surface area contributed by atoms with Crippen LogP contribution in [0.25, 0.3) is 0 Å². The maximum Gasteiger partial charge on any atom is 0.00433 e. The second-order valence-electron chi connectivity index (χ2n) is 3.99. The molecule has 0 aliphatic rings. The molecule has 0 unspecified atom stereocenters. The number of thiophene rings is 2.